The number of hydrogen-bond acceptors (Lipinski definition) is 4. The summed E-state index contributed by atoms with van der Waals surface area (Å²) in [6.45, 7) is 3.71. The van der Waals surface area contributed by atoms with Crippen molar-refractivity contribution in [3.05, 3.63) is 29.8 Å². The molecule has 0 unspecified atom stereocenters. The van der Waals surface area contributed by atoms with Crippen molar-refractivity contribution in [2.24, 2.45) is 0 Å². The zero-order valence-electron chi connectivity index (χ0n) is 13.2. The summed E-state index contributed by atoms with van der Waals surface area (Å²) in [5.41, 5.74) is 0.954. The van der Waals surface area contributed by atoms with E-state index in [-0.39, 0.29) is 24.9 Å². The maximum Gasteiger partial charge on any atom is 0.320 e. The molecule has 0 saturated carbocycles. The predicted octanol–water partition coefficient (Wildman–Crippen LogP) is 1.67. The minimum absolute atomic E-state index is 0. The lowest BCUT2D eigenvalue weighted by atomic mass is 10.2. The molecular weight excluding hydrogens is 320 g/mol. The van der Waals surface area contributed by atoms with E-state index < -0.39 is 12.0 Å². The number of amides is 1. The Balaban J connectivity index is 0.00000264. The molecule has 0 aliphatic carbocycles. The third-order valence-corrected chi connectivity index (χ3v) is 3.69. The van der Waals surface area contributed by atoms with Crippen LogP contribution < -0.4 is 10.1 Å². The zero-order valence-corrected chi connectivity index (χ0v) is 14.0. The Morgan fingerprint density at radius 3 is 2.91 bits per heavy atom. The molecule has 128 valence electrons. The summed E-state index contributed by atoms with van der Waals surface area (Å²) >= 11 is 0. The number of carbonyl (C=O) groups is 2. The van der Waals surface area contributed by atoms with Crippen LogP contribution in [-0.2, 0) is 16.1 Å². The van der Waals surface area contributed by atoms with E-state index >= 15 is 0 Å². The fourth-order valence-electron chi connectivity index (χ4n) is 2.65. The van der Waals surface area contributed by atoms with Crippen molar-refractivity contribution < 1.29 is 19.4 Å². The van der Waals surface area contributed by atoms with E-state index in [0.717, 1.165) is 17.7 Å². The van der Waals surface area contributed by atoms with Gasteiger partial charge in [-0.15, -0.1) is 12.4 Å². The van der Waals surface area contributed by atoms with Crippen molar-refractivity contribution in [1.82, 2.24) is 10.2 Å². The quantitative estimate of drug-likeness (QED) is 0.788. The van der Waals surface area contributed by atoms with Gasteiger partial charge in [0.25, 0.3) is 0 Å². The SMILES string of the molecule is CCOc1cccc(CNC(=O)CN2CCC[C@H]2C(=O)O)c1.Cl. The molecule has 1 aliphatic rings. The molecule has 0 spiro atoms. The van der Waals surface area contributed by atoms with Gasteiger partial charge < -0.3 is 15.2 Å². The predicted molar refractivity (Wildman–Crippen MR) is 88.9 cm³/mol. The van der Waals surface area contributed by atoms with Crippen LogP contribution in [0, 0.1) is 0 Å². The minimum atomic E-state index is -0.852. The molecule has 23 heavy (non-hydrogen) atoms. The van der Waals surface area contributed by atoms with Crippen LogP contribution in [0.5, 0.6) is 5.75 Å². The Morgan fingerprint density at radius 1 is 1.43 bits per heavy atom. The van der Waals surface area contributed by atoms with Gasteiger partial charge in [-0.1, -0.05) is 12.1 Å². The van der Waals surface area contributed by atoms with Gasteiger partial charge in [-0.3, -0.25) is 14.5 Å². The Labute approximate surface area is 142 Å². The van der Waals surface area contributed by atoms with E-state index in [1.807, 2.05) is 31.2 Å². The van der Waals surface area contributed by atoms with Gasteiger partial charge in [0.15, 0.2) is 0 Å². The molecule has 1 aromatic carbocycles. The van der Waals surface area contributed by atoms with Crippen LogP contribution in [-0.4, -0.2) is 47.6 Å². The third kappa shape index (κ3) is 5.73. The minimum Gasteiger partial charge on any atom is -0.494 e. The summed E-state index contributed by atoms with van der Waals surface area (Å²) in [5.74, 6) is -0.232. The lowest BCUT2D eigenvalue weighted by molar-refractivity contribution is -0.142. The lowest BCUT2D eigenvalue weighted by Crippen LogP contribution is -2.42. The molecule has 0 aromatic heterocycles. The van der Waals surface area contributed by atoms with Crippen LogP contribution >= 0.6 is 12.4 Å². The highest BCUT2D eigenvalue weighted by molar-refractivity contribution is 5.85. The maximum atomic E-state index is 12.0. The number of nitrogens with zero attached hydrogens (tertiary/aromatic N) is 1. The van der Waals surface area contributed by atoms with E-state index in [1.165, 1.54) is 0 Å². The molecule has 1 aromatic rings. The topological polar surface area (TPSA) is 78.9 Å². The number of likely N-dealkylation sites (tertiary alicyclic amines) is 1. The van der Waals surface area contributed by atoms with Gasteiger partial charge in [-0.25, -0.2) is 0 Å². The first-order valence-electron chi connectivity index (χ1n) is 7.55. The van der Waals surface area contributed by atoms with Crippen molar-refractivity contribution in [2.45, 2.75) is 32.4 Å². The number of carbonyl (C=O) groups excluding carboxylic acids is 1. The maximum absolute atomic E-state index is 12.0. The van der Waals surface area contributed by atoms with Crippen molar-refractivity contribution in [2.75, 3.05) is 19.7 Å². The summed E-state index contributed by atoms with van der Waals surface area (Å²) in [6.07, 6.45) is 1.43. The van der Waals surface area contributed by atoms with Gasteiger partial charge in [0, 0.05) is 6.54 Å². The van der Waals surface area contributed by atoms with Gasteiger partial charge in [0.2, 0.25) is 5.91 Å². The Kier molecular flexibility index (Phi) is 7.85. The molecule has 0 bridgehead atoms. The largest absolute Gasteiger partial charge is 0.494 e. The first-order valence-corrected chi connectivity index (χ1v) is 7.55. The van der Waals surface area contributed by atoms with Crippen LogP contribution in [0.4, 0.5) is 0 Å². The van der Waals surface area contributed by atoms with Gasteiger partial charge in [0.1, 0.15) is 11.8 Å². The lowest BCUT2D eigenvalue weighted by Gasteiger charge is -2.20. The molecule has 1 amide bonds. The van der Waals surface area contributed by atoms with E-state index in [0.29, 0.717) is 26.1 Å². The van der Waals surface area contributed by atoms with E-state index in [4.69, 9.17) is 9.84 Å². The zero-order chi connectivity index (χ0) is 15.9. The molecule has 1 heterocycles. The summed E-state index contributed by atoms with van der Waals surface area (Å²) < 4.78 is 5.42. The molecule has 6 nitrogen and oxygen atoms in total. The van der Waals surface area contributed by atoms with Crippen LogP contribution in [0.15, 0.2) is 24.3 Å². The first kappa shape index (κ1) is 19.3. The average Bonchev–Trinajstić information content (AvgIpc) is 2.94. The number of carboxylic acids is 1. The number of ether oxygens (including phenoxy) is 1. The first-order chi connectivity index (χ1) is 10.6. The fourth-order valence-corrected chi connectivity index (χ4v) is 2.65. The number of nitrogens with one attached hydrogen (secondary N) is 1. The molecule has 1 aliphatic heterocycles. The summed E-state index contributed by atoms with van der Waals surface area (Å²) in [6, 6.07) is 7.02. The number of halogens is 1. The number of rotatable bonds is 7. The van der Waals surface area contributed by atoms with Crippen LogP contribution in [0.2, 0.25) is 0 Å². The average molecular weight is 343 g/mol. The number of carboxylic acid groups (broad SMARTS) is 1. The third-order valence-electron chi connectivity index (χ3n) is 3.69. The highest BCUT2D eigenvalue weighted by Gasteiger charge is 2.31. The Hall–Kier alpha value is -1.79. The number of aliphatic carboxylic acids is 1. The van der Waals surface area contributed by atoms with Gasteiger partial charge in [-0.2, -0.15) is 0 Å². The molecule has 0 radical (unpaired) electrons. The standard InChI is InChI=1S/C16H22N2O4.ClH/c1-2-22-13-6-3-5-12(9-13)10-17-15(19)11-18-8-4-7-14(18)16(20)21;/h3,5-6,9,14H,2,4,7-8,10-11H2,1H3,(H,17,19)(H,20,21);1H/t14-;/m0./s1. The highest BCUT2D eigenvalue weighted by Crippen LogP contribution is 2.17. The summed E-state index contributed by atoms with van der Waals surface area (Å²) in [7, 11) is 0. The second-order valence-corrected chi connectivity index (χ2v) is 5.32. The molecular formula is C16H23ClN2O4. The fraction of sp³-hybridized carbons (Fsp3) is 0.500. The van der Waals surface area contributed by atoms with Gasteiger partial charge in [-0.05, 0) is 44.0 Å². The molecule has 7 heteroatoms. The smallest absolute Gasteiger partial charge is 0.320 e. The molecule has 1 saturated heterocycles. The van der Waals surface area contributed by atoms with Crippen molar-refractivity contribution in [3.8, 4) is 5.75 Å². The van der Waals surface area contributed by atoms with E-state index in [2.05, 4.69) is 5.32 Å². The van der Waals surface area contributed by atoms with E-state index in [9.17, 15) is 9.59 Å². The van der Waals surface area contributed by atoms with Gasteiger partial charge >= 0.3 is 5.97 Å². The van der Waals surface area contributed by atoms with Crippen LogP contribution in [0.3, 0.4) is 0 Å². The second kappa shape index (κ2) is 9.37. The van der Waals surface area contributed by atoms with Crippen molar-refractivity contribution in [3.63, 3.8) is 0 Å². The van der Waals surface area contributed by atoms with Crippen LogP contribution in [0.1, 0.15) is 25.3 Å². The van der Waals surface area contributed by atoms with Gasteiger partial charge in [0.05, 0.1) is 13.2 Å². The highest BCUT2D eigenvalue weighted by atomic mass is 35.5. The number of hydrogen-bond donors (Lipinski definition) is 2. The molecule has 2 rings (SSSR count). The molecule has 2 N–H and O–H groups in total. The normalized spacial score (nSPS) is 17.3. The molecule has 1 fully saturated rings. The summed E-state index contributed by atoms with van der Waals surface area (Å²) in [4.78, 5) is 24.8. The second-order valence-electron chi connectivity index (χ2n) is 5.32. The summed E-state index contributed by atoms with van der Waals surface area (Å²) in [5, 5.41) is 11.9. The Morgan fingerprint density at radius 2 is 2.22 bits per heavy atom. The monoisotopic (exact) mass is 342 g/mol. The Bertz CT molecular complexity index is 539. The van der Waals surface area contributed by atoms with E-state index in [1.54, 1.807) is 4.90 Å². The molecule has 1 atom stereocenters. The van der Waals surface area contributed by atoms with Crippen LogP contribution in [0.25, 0.3) is 0 Å². The van der Waals surface area contributed by atoms with Crippen molar-refractivity contribution >= 4 is 24.3 Å². The number of benzene rings is 1. The van der Waals surface area contributed by atoms with Crippen molar-refractivity contribution in [1.29, 1.82) is 0 Å².